The van der Waals surface area contributed by atoms with E-state index < -0.39 is 34.3 Å². The van der Waals surface area contributed by atoms with E-state index in [-0.39, 0.29) is 40.4 Å². The van der Waals surface area contributed by atoms with E-state index in [1.807, 2.05) is 44.2 Å². The van der Waals surface area contributed by atoms with Crippen molar-refractivity contribution in [2.45, 2.75) is 37.8 Å². The number of hydrogen-bond donors (Lipinski definition) is 1. The van der Waals surface area contributed by atoms with E-state index in [0.29, 0.717) is 17.1 Å². The predicted octanol–water partition coefficient (Wildman–Crippen LogP) is 6.74. The molecule has 2 amide bonds. The second-order valence-electron chi connectivity index (χ2n) is 10.9. The summed E-state index contributed by atoms with van der Waals surface area (Å²) in [6.45, 7) is 3.62. The van der Waals surface area contributed by atoms with E-state index >= 15 is 0 Å². The minimum Gasteiger partial charge on any atom is -0.354 e. The molecular weight excluding hydrogens is 636 g/mol. The van der Waals surface area contributed by atoms with Gasteiger partial charge in [-0.25, -0.2) is 12.8 Å². The lowest BCUT2D eigenvalue weighted by molar-refractivity contribution is -0.140. The fourth-order valence-corrected chi connectivity index (χ4v) is 6.40. The zero-order valence-corrected chi connectivity index (χ0v) is 27.2. The standard InChI is InChI=1S/C34H34Cl2FN3O4S/c1-24(2)21-38-34(42)32(20-25-9-5-3-6-10-25)39(22-26-13-18-30(35)31(36)19-26)33(41)23-40(28-11-7-4-8-12-28)45(43,44)29-16-14-27(37)15-17-29/h3-19,24,32H,20-23H2,1-2H3,(H,38,42)/t32-/m1/s1. The number of amides is 2. The van der Waals surface area contributed by atoms with Crippen LogP contribution in [-0.4, -0.2) is 44.3 Å². The Morgan fingerprint density at radius 2 is 1.44 bits per heavy atom. The van der Waals surface area contributed by atoms with E-state index in [4.69, 9.17) is 23.2 Å². The first kappa shape index (κ1) is 34.0. The van der Waals surface area contributed by atoms with E-state index in [9.17, 15) is 22.4 Å². The summed E-state index contributed by atoms with van der Waals surface area (Å²) in [6, 6.07) is 25.7. The van der Waals surface area contributed by atoms with Gasteiger partial charge in [-0.15, -0.1) is 0 Å². The van der Waals surface area contributed by atoms with Crippen LogP contribution in [0.2, 0.25) is 10.0 Å². The number of hydrogen-bond acceptors (Lipinski definition) is 4. The normalized spacial score (nSPS) is 12.0. The van der Waals surface area contributed by atoms with Crippen molar-refractivity contribution < 1.29 is 22.4 Å². The Morgan fingerprint density at radius 3 is 2.04 bits per heavy atom. The molecule has 0 saturated carbocycles. The van der Waals surface area contributed by atoms with Crippen LogP contribution in [0.25, 0.3) is 0 Å². The molecule has 1 atom stereocenters. The van der Waals surface area contributed by atoms with Gasteiger partial charge in [-0.3, -0.25) is 13.9 Å². The smallest absolute Gasteiger partial charge is 0.264 e. The minimum absolute atomic E-state index is 0.0540. The number of carbonyl (C=O) groups excluding carboxylic acids is 2. The number of sulfonamides is 1. The van der Waals surface area contributed by atoms with Gasteiger partial charge in [0, 0.05) is 19.5 Å². The quantitative estimate of drug-likeness (QED) is 0.171. The van der Waals surface area contributed by atoms with Gasteiger partial charge < -0.3 is 10.2 Å². The van der Waals surface area contributed by atoms with Crippen LogP contribution in [-0.2, 0) is 32.6 Å². The highest BCUT2D eigenvalue weighted by Crippen LogP contribution is 2.27. The topological polar surface area (TPSA) is 86.8 Å². The molecule has 0 bridgehead atoms. The molecule has 0 radical (unpaired) electrons. The number of carbonyl (C=O) groups is 2. The molecule has 0 unspecified atom stereocenters. The molecule has 0 aliphatic rings. The molecule has 1 N–H and O–H groups in total. The SMILES string of the molecule is CC(C)CNC(=O)[C@@H](Cc1ccccc1)N(Cc1ccc(Cl)c(Cl)c1)C(=O)CN(c1ccccc1)S(=O)(=O)c1ccc(F)cc1. The summed E-state index contributed by atoms with van der Waals surface area (Å²) in [6.07, 6.45) is 0.174. The van der Waals surface area contributed by atoms with Gasteiger partial charge in [0.15, 0.2) is 0 Å². The second-order valence-corrected chi connectivity index (χ2v) is 13.6. The number of anilines is 1. The van der Waals surface area contributed by atoms with Gasteiger partial charge >= 0.3 is 0 Å². The van der Waals surface area contributed by atoms with Gasteiger partial charge in [-0.1, -0.05) is 91.6 Å². The molecule has 0 saturated heterocycles. The molecule has 0 aliphatic carbocycles. The van der Waals surface area contributed by atoms with Gasteiger partial charge in [-0.05, 0) is 65.6 Å². The maximum Gasteiger partial charge on any atom is 0.264 e. The van der Waals surface area contributed by atoms with Crippen LogP contribution in [0.3, 0.4) is 0 Å². The summed E-state index contributed by atoms with van der Waals surface area (Å²) in [5.41, 5.74) is 1.64. The first-order chi connectivity index (χ1) is 21.5. The van der Waals surface area contributed by atoms with Crippen molar-refractivity contribution in [3.8, 4) is 0 Å². The summed E-state index contributed by atoms with van der Waals surface area (Å²) in [4.78, 5) is 29.4. The Morgan fingerprint density at radius 1 is 0.822 bits per heavy atom. The Kier molecular flexibility index (Phi) is 11.6. The molecule has 45 heavy (non-hydrogen) atoms. The highest BCUT2D eigenvalue weighted by Gasteiger charge is 2.34. The summed E-state index contributed by atoms with van der Waals surface area (Å²) >= 11 is 12.5. The number of para-hydroxylation sites is 1. The molecule has 4 aromatic rings. The van der Waals surface area contributed by atoms with E-state index in [1.54, 1.807) is 48.5 Å². The fraction of sp³-hybridized carbons (Fsp3) is 0.235. The van der Waals surface area contributed by atoms with E-state index in [1.165, 1.54) is 4.90 Å². The number of rotatable bonds is 13. The third-order valence-electron chi connectivity index (χ3n) is 7.02. The summed E-state index contributed by atoms with van der Waals surface area (Å²) in [7, 11) is -4.33. The highest BCUT2D eigenvalue weighted by molar-refractivity contribution is 7.92. The van der Waals surface area contributed by atoms with Crippen LogP contribution in [0.1, 0.15) is 25.0 Å². The van der Waals surface area contributed by atoms with Crippen molar-refractivity contribution in [1.82, 2.24) is 10.2 Å². The largest absolute Gasteiger partial charge is 0.354 e. The molecular formula is C34H34Cl2FN3O4S. The van der Waals surface area contributed by atoms with E-state index in [0.717, 1.165) is 34.1 Å². The van der Waals surface area contributed by atoms with Crippen molar-refractivity contribution in [1.29, 1.82) is 0 Å². The van der Waals surface area contributed by atoms with E-state index in [2.05, 4.69) is 5.32 Å². The van der Waals surface area contributed by atoms with Crippen LogP contribution in [0, 0.1) is 11.7 Å². The van der Waals surface area contributed by atoms with Crippen LogP contribution < -0.4 is 9.62 Å². The molecule has 11 heteroatoms. The zero-order valence-electron chi connectivity index (χ0n) is 24.9. The minimum atomic E-state index is -4.33. The predicted molar refractivity (Wildman–Crippen MR) is 176 cm³/mol. The summed E-state index contributed by atoms with van der Waals surface area (Å²) in [5, 5.41) is 3.54. The Hall–Kier alpha value is -3.92. The number of nitrogens with one attached hydrogen (secondary N) is 1. The van der Waals surface area contributed by atoms with Crippen molar-refractivity contribution >= 4 is 50.7 Å². The third kappa shape index (κ3) is 9.06. The van der Waals surface area contributed by atoms with Crippen molar-refractivity contribution in [3.05, 3.63) is 130 Å². The van der Waals surface area contributed by atoms with Gasteiger partial charge in [-0.2, -0.15) is 0 Å². The van der Waals surface area contributed by atoms with Gasteiger partial charge in [0.25, 0.3) is 10.0 Å². The number of nitrogens with zero attached hydrogens (tertiary/aromatic N) is 2. The lowest BCUT2D eigenvalue weighted by Gasteiger charge is -2.34. The fourth-order valence-electron chi connectivity index (χ4n) is 4.67. The Balaban J connectivity index is 1.79. The average Bonchev–Trinajstić information content (AvgIpc) is 3.03. The monoisotopic (exact) mass is 669 g/mol. The maximum absolute atomic E-state index is 14.4. The highest BCUT2D eigenvalue weighted by atomic mass is 35.5. The van der Waals surface area contributed by atoms with Crippen LogP contribution >= 0.6 is 23.2 Å². The van der Waals surface area contributed by atoms with Crippen molar-refractivity contribution in [2.24, 2.45) is 5.92 Å². The molecule has 7 nitrogen and oxygen atoms in total. The lowest BCUT2D eigenvalue weighted by atomic mass is 10.0. The van der Waals surface area contributed by atoms with Crippen LogP contribution in [0.4, 0.5) is 10.1 Å². The number of halogens is 3. The molecule has 0 aromatic heterocycles. The molecule has 0 spiro atoms. The average molecular weight is 671 g/mol. The lowest BCUT2D eigenvalue weighted by Crippen LogP contribution is -2.53. The molecule has 0 aliphatic heterocycles. The molecule has 4 aromatic carbocycles. The Labute approximate surface area is 273 Å². The van der Waals surface area contributed by atoms with Crippen LogP contribution in [0.15, 0.2) is 108 Å². The first-order valence-electron chi connectivity index (χ1n) is 14.3. The molecule has 236 valence electrons. The van der Waals surface area contributed by atoms with Gasteiger partial charge in [0.05, 0.1) is 20.6 Å². The molecule has 0 fully saturated rings. The zero-order chi connectivity index (χ0) is 32.6. The summed E-state index contributed by atoms with van der Waals surface area (Å²) in [5.74, 6) is -1.45. The first-order valence-corrected chi connectivity index (χ1v) is 16.5. The molecule has 4 rings (SSSR count). The summed E-state index contributed by atoms with van der Waals surface area (Å²) < 4.78 is 42.5. The van der Waals surface area contributed by atoms with Gasteiger partial charge in [0.2, 0.25) is 11.8 Å². The third-order valence-corrected chi connectivity index (χ3v) is 9.54. The molecule has 0 heterocycles. The second kappa shape index (κ2) is 15.4. The number of benzene rings is 4. The Bertz CT molecular complexity index is 1710. The van der Waals surface area contributed by atoms with Crippen molar-refractivity contribution in [3.63, 3.8) is 0 Å². The van der Waals surface area contributed by atoms with Gasteiger partial charge in [0.1, 0.15) is 18.4 Å². The maximum atomic E-state index is 14.4. The van der Waals surface area contributed by atoms with Crippen molar-refractivity contribution in [2.75, 3.05) is 17.4 Å². The van der Waals surface area contributed by atoms with Crippen LogP contribution in [0.5, 0.6) is 0 Å².